The number of aryl methyl sites for hydroxylation is 2. The molecule has 4 aromatic carbocycles. The zero-order valence-electron chi connectivity index (χ0n) is 61.9. The summed E-state index contributed by atoms with van der Waals surface area (Å²) in [6.45, 7) is 58.1. The van der Waals surface area contributed by atoms with Crippen molar-refractivity contribution in [3.8, 4) is 67.3 Å². The third kappa shape index (κ3) is 12.2. The quantitative estimate of drug-likeness (QED) is 0.177. The fraction of sp³-hybridized carbons (Fsp3) is 0.395. The number of H-pyrrole nitrogens is 2. The van der Waals surface area contributed by atoms with Crippen molar-refractivity contribution < 1.29 is 9.59 Å². The van der Waals surface area contributed by atoms with E-state index in [4.69, 9.17) is 29.9 Å². The molecule has 1 aliphatic carbocycles. The Labute approximate surface area is 569 Å². The zero-order valence-corrected chi connectivity index (χ0v) is 61.9. The van der Waals surface area contributed by atoms with Crippen LogP contribution in [0, 0.1) is 13.8 Å². The normalized spacial score (nSPS) is 13.9. The predicted octanol–water partition coefficient (Wildman–Crippen LogP) is 21.8. The average Bonchev–Trinajstić information content (AvgIpc) is 1.60. The van der Waals surface area contributed by atoms with Crippen LogP contribution in [-0.2, 0) is 43.3 Å². The van der Waals surface area contributed by atoms with Crippen LogP contribution in [-0.4, -0.2) is 51.4 Å². The first kappa shape index (κ1) is 67.2. The second-order valence-corrected chi connectivity index (χ2v) is 35.7. The number of benzene rings is 4. The molecule has 0 unspecified atom stereocenters. The standard InChI is InChI=1S/C86H98N8O2/c1-45-46(2)88-74-73(87-45)77(95)75-76(78(74)96)94-72-70-68(50-39-57(85(21,22)23)44-58(40-50)86(24,25)26)64-32-30-62(91-64)66(48-35-53(81(9,10)11)42-54(36-48)82(12,13)14)60-28-27-59(89-60)65(47-33-51(79(3,4)5)41-52(34-47)80(6,7)8)61-29-31-63(90-61)67(69(92-70)71(72)93-75)49-37-55(83(15,16)17)43-56(38-49)84(18,19)20/h27-44,90-91H,1-26H3. The Bertz CT molecular complexity index is 4570. The van der Waals surface area contributed by atoms with Crippen molar-refractivity contribution in [2.75, 3.05) is 0 Å². The van der Waals surface area contributed by atoms with E-state index in [2.05, 4.69) is 285 Å². The van der Waals surface area contributed by atoms with Gasteiger partial charge in [-0.05, 0) is 160 Å². The second-order valence-electron chi connectivity index (χ2n) is 35.7. The molecule has 10 heteroatoms. The molecule has 2 aliphatic heterocycles. The van der Waals surface area contributed by atoms with Crippen molar-refractivity contribution in [3.63, 3.8) is 0 Å². The largest absolute Gasteiger partial charge is 0.354 e. The third-order valence-corrected chi connectivity index (χ3v) is 19.6. The molecular weight excluding hydrogens is 1180 g/mol. The summed E-state index contributed by atoms with van der Waals surface area (Å²) in [5, 5.41) is 0. The molecule has 3 aliphatic rings. The minimum atomic E-state index is -0.517. The molecule has 10 nitrogen and oxygen atoms in total. The number of aromatic nitrogens is 8. The Morgan fingerprint density at radius 2 is 0.458 bits per heavy atom. The van der Waals surface area contributed by atoms with Gasteiger partial charge in [0.05, 0.1) is 22.8 Å². The van der Waals surface area contributed by atoms with E-state index in [0.29, 0.717) is 34.2 Å². The Morgan fingerprint density at radius 3 is 0.698 bits per heavy atom. The minimum absolute atomic E-state index is 0.0334. The lowest BCUT2D eigenvalue weighted by molar-refractivity contribution is 0.0963. The maximum Gasteiger partial charge on any atom is 0.234 e. The lowest BCUT2D eigenvalue weighted by Crippen LogP contribution is -2.27. The number of nitrogens with zero attached hydrogens (tertiary/aromatic N) is 6. The Kier molecular flexibility index (Phi) is 15.7. The second kappa shape index (κ2) is 22.4. The molecule has 8 bridgehead atoms. The molecule has 0 fully saturated rings. The Balaban J connectivity index is 1.39. The topological polar surface area (TPSA) is 143 Å². The van der Waals surface area contributed by atoms with Gasteiger partial charge in [-0.25, -0.2) is 29.9 Å². The minimum Gasteiger partial charge on any atom is -0.354 e. The van der Waals surface area contributed by atoms with E-state index in [1.807, 2.05) is 0 Å². The summed E-state index contributed by atoms with van der Waals surface area (Å²) in [4.78, 5) is 71.3. The number of hydrogen-bond donors (Lipinski definition) is 2. The highest BCUT2D eigenvalue weighted by molar-refractivity contribution is 6.26. The number of aromatic amines is 2. The highest BCUT2D eigenvalue weighted by Crippen LogP contribution is 2.50. The van der Waals surface area contributed by atoms with Gasteiger partial charge in [-0.2, -0.15) is 0 Å². The van der Waals surface area contributed by atoms with Crippen LogP contribution in [0.4, 0.5) is 0 Å². The maximum absolute atomic E-state index is 15.3. The summed E-state index contributed by atoms with van der Waals surface area (Å²) in [5.74, 6) is -1.03. The highest BCUT2D eigenvalue weighted by atomic mass is 16.1. The number of rotatable bonds is 4. The van der Waals surface area contributed by atoms with Gasteiger partial charge in [0.1, 0.15) is 45.6 Å². The first-order valence-electron chi connectivity index (χ1n) is 34.3. The summed E-state index contributed by atoms with van der Waals surface area (Å²) in [6.07, 6.45) is 4.39. The van der Waals surface area contributed by atoms with Crippen molar-refractivity contribution in [3.05, 3.63) is 187 Å². The van der Waals surface area contributed by atoms with Crippen LogP contribution in [0.25, 0.3) is 102 Å². The summed E-state index contributed by atoms with van der Waals surface area (Å²) >= 11 is 0. The monoisotopic (exact) mass is 1270 g/mol. The van der Waals surface area contributed by atoms with Gasteiger partial charge < -0.3 is 9.97 Å². The van der Waals surface area contributed by atoms with Crippen LogP contribution in [0.15, 0.2) is 97.1 Å². The van der Waals surface area contributed by atoms with E-state index < -0.39 is 11.6 Å². The predicted molar refractivity (Wildman–Crippen MR) is 400 cm³/mol. The fourth-order valence-corrected chi connectivity index (χ4v) is 13.1. The number of hydrogen-bond acceptors (Lipinski definition) is 8. The molecule has 12 rings (SSSR count). The third-order valence-electron chi connectivity index (χ3n) is 19.6. The zero-order chi connectivity index (χ0) is 70.0. The molecule has 0 saturated carbocycles. The van der Waals surface area contributed by atoms with E-state index in [-0.39, 0.29) is 66.1 Å². The van der Waals surface area contributed by atoms with Gasteiger partial charge in [-0.15, -0.1) is 0 Å². The Morgan fingerprint density at radius 1 is 0.250 bits per heavy atom. The highest BCUT2D eigenvalue weighted by Gasteiger charge is 2.40. The van der Waals surface area contributed by atoms with Crippen molar-refractivity contribution in [1.29, 1.82) is 0 Å². The number of carbonyl (C=O) groups is 2. The van der Waals surface area contributed by atoms with Gasteiger partial charge >= 0.3 is 0 Å². The van der Waals surface area contributed by atoms with Gasteiger partial charge in [-0.3, -0.25) is 9.59 Å². The van der Waals surface area contributed by atoms with Crippen LogP contribution in [0.2, 0.25) is 0 Å². The van der Waals surface area contributed by atoms with Crippen LogP contribution < -0.4 is 0 Å². The first-order valence-corrected chi connectivity index (χ1v) is 34.3. The molecule has 0 spiro atoms. The van der Waals surface area contributed by atoms with E-state index >= 15 is 9.59 Å². The maximum atomic E-state index is 15.3. The lowest BCUT2D eigenvalue weighted by Gasteiger charge is -2.26. The smallest absolute Gasteiger partial charge is 0.234 e. The van der Waals surface area contributed by atoms with Crippen molar-refractivity contribution in [1.82, 2.24) is 39.9 Å². The van der Waals surface area contributed by atoms with E-state index in [1.165, 1.54) is 22.3 Å². The molecule has 9 aromatic rings. The fourth-order valence-electron chi connectivity index (χ4n) is 13.1. The molecule has 2 N–H and O–H groups in total. The molecule has 0 amide bonds. The van der Waals surface area contributed by atoms with Gasteiger partial charge in [-0.1, -0.05) is 239 Å². The van der Waals surface area contributed by atoms with Crippen LogP contribution in [0.5, 0.6) is 0 Å². The average molecular weight is 1280 g/mol. The molecule has 7 heterocycles. The summed E-state index contributed by atoms with van der Waals surface area (Å²) in [7, 11) is 0. The molecule has 494 valence electrons. The van der Waals surface area contributed by atoms with Crippen LogP contribution in [0.3, 0.4) is 0 Å². The molecule has 0 radical (unpaired) electrons. The van der Waals surface area contributed by atoms with E-state index in [9.17, 15) is 0 Å². The SMILES string of the molecule is Cc1nc2c(nc1C)C(=O)c1nc3c(nc1C2=O)-c1nc-3c(-c2cc(C(C)(C)C)cc(C(C)(C)C)c2)c2ccc([nH]2)c(-c2cc(C(C)(C)C)cc(C(C)(C)C)c2)c2nc(c(-c3cc(C(C)(C)C)cc(C(C)(C)C)c3)c3ccc([nH]3)c1-c1cc(C(C)(C)C)cc(C(C)(C)C)c1)C=C2. The molecule has 5 aromatic heterocycles. The van der Waals surface area contributed by atoms with Gasteiger partial charge in [0.2, 0.25) is 11.6 Å². The summed E-state index contributed by atoms with van der Waals surface area (Å²) in [5.41, 5.74) is 22.2. The van der Waals surface area contributed by atoms with Gasteiger partial charge in [0.15, 0.2) is 0 Å². The van der Waals surface area contributed by atoms with E-state index in [0.717, 1.165) is 100 Å². The van der Waals surface area contributed by atoms with Crippen LogP contribution >= 0.6 is 0 Å². The number of carbonyl (C=O) groups excluding carboxylic acids is 2. The van der Waals surface area contributed by atoms with Gasteiger partial charge in [0.25, 0.3) is 0 Å². The molecule has 96 heavy (non-hydrogen) atoms. The lowest BCUT2D eigenvalue weighted by atomic mass is 9.78. The van der Waals surface area contributed by atoms with Crippen molar-refractivity contribution in [2.45, 2.75) is 223 Å². The summed E-state index contributed by atoms with van der Waals surface area (Å²) < 4.78 is 0. The Hall–Kier alpha value is -8.76. The van der Waals surface area contributed by atoms with Crippen LogP contribution in [0.1, 0.15) is 266 Å². The molecule has 0 saturated heterocycles. The van der Waals surface area contributed by atoms with Crippen molar-refractivity contribution >= 4 is 45.8 Å². The molecular formula is C86H98N8O2. The number of fused-ring (bicyclic) bond motifs is 13. The number of nitrogens with one attached hydrogen (secondary N) is 2. The number of ketones is 2. The molecule has 0 atom stereocenters. The summed E-state index contributed by atoms with van der Waals surface area (Å²) in [6, 6.07) is 36.7. The van der Waals surface area contributed by atoms with E-state index in [1.54, 1.807) is 13.8 Å². The van der Waals surface area contributed by atoms with Gasteiger partial charge in [0, 0.05) is 44.3 Å². The first-order chi connectivity index (χ1) is 44.2. The van der Waals surface area contributed by atoms with Crippen molar-refractivity contribution in [2.24, 2.45) is 0 Å².